The number of hydrogen-bond donors (Lipinski definition) is 1. The summed E-state index contributed by atoms with van der Waals surface area (Å²) in [6.07, 6.45) is 6.15. The summed E-state index contributed by atoms with van der Waals surface area (Å²) in [7, 11) is -3.65. The SMILES string of the molecule is O=S(=O)(Nc1ccc(F)cc1)c1ccc(C2CCCCC2)cc1. The fraction of sp³-hybridized carbons (Fsp3) is 0.333. The number of nitrogens with one attached hydrogen (secondary N) is 1. The fourth-order valence-electron chi connectivity index (χ4n) is 3.09. The molecule has 5 heteroatoms. The topological polar surface area (TPSA) is 46.2 Å². The quantitative estimate of drug-likeness (QED) is 0.883. The van der Waals surface area contributed by atoms with Gasteiger partial charge in [0.05, 0.1) is 4.90 Å². The molecule has 0 aromatic heterocycles. The van der Waals surface area contributed by atoms with Crippen molar-refractivity contribution in [3.63, 3.8) is 0 Å². The van der Waals surface area contributed by atoms with Crippen LogP contribution in [0.1, 0.15) is 43.6 Å². The third-order valence-corrected chi connectivity index (χ3v) is 5.76. The van der Waals surface area contributed by atoms with Crippen LogP contribution in [0.5, 0.6) is 0 Å². The standard InChI is InChI=1S/C18H20FNO2S/c19-16-8-10-17(11-9-16)20-23(21,22)18-12-6-15(7-13-18)14-4-2-1-3-5-14/h6-14,20H,1-5H2. The van der Waals surface area contributed by atoms with E-state index in [-0.39, 0.29) is 4.90 Å². The van der Waals surface area contributed by atoms with Gasteiger partial charge in [0, 0.05) is 5.69 Å². The third kappa shape index (κ3) is 3.91. The Labute approximate surface area is 136 Å². The van der Waals surface area contributed by atoms with E-state index >= 15 is 0 Å². The van der Waals surface area contributed by atoms with Crippen LogP contribution in [0.2, 0.25) is 0 Å². The van der Waals surface area contributed by atoms with Gasteiger partial charge in [-0.1, -0.05) is 31.4 Å². The van der Waals surface area contributed by atoms with Gasteiger partial charge >= 0.3 is 0 Å². The van der Waals surface area contributed by atoms with Crippen LogP contribution in [-0.4, -0.2) is 8.42 Å². The van der Waals surface area contributed by atoms with E-state index in [1.165, 1.54) is 61.9 Å². The highest BCUT2D eigenvalue weighted by atomic mass is 32.2. The number of benzene rings is 2. The average Bonchev–Trinajstić information content (AvgIpc) is 2.58. The van der Waals surface area contributed by atoms with E-state index < -0.39 is 15.8 Å². The smallest absolute Gasteiger partial charge is 0.261 e. The zero-order chi connectivity index (χ0) is 16.3. The summed E-state index contributed by atoms with van der Waals surface area (Å²) in [5.41, 5.74) is 1.56. The molecule has 0 bridgehead atoms. The Morgan fingerprint density at radius 1 is 0.870 bits per heavy atom. The van der Waals surface area contributed by atoms with E-state index in [0.717, 1.165) is 0 Å². The summed E-state index contributed by atoms with van der Waals surface area (Å²) in [4.78, 5) is 0.224. The van der Waals surface area contributed by atoms with Gasteiger partial charge in [-0.15, -0.1) is 0 Å². The van der Waals surface area contributed by atoms with Crippen LogP contribution < -0.4 is 4.72 Å². The molecule has 3 rings (SSSR count). The zero-order valence-corrected chi connectivity index (χ0v) is 13.7. The Hall–Kier alpha value is -1.88. The lowest BCUT2D eigenvalue weighted by Gasteiger charge is -2.22. The van der Waals surface area contributed by atoms with Crippen molar-refractivity contribution in [3.8, 4) is 0 Å². The van der Waals surface area contributed by atoms with Crippen molar-refractivity contribution in [2.45, 2.75) is 42.9 Å². The number of halogens is 1. The number of sulfonamides is 1. The molecule has 3 nitrogen and oxygen atoms in total. The first kappa shape index (κ1) is 16.0. The minimum atomic E-state index is -3.65. The van der Waals surface area contributed by atoms with Crippen LogP contribution in [-0.2, 0) is 10.0 Å². The minimum absolute atomic E-state index is 0.224. The van der Waals surface area contributed by atoms with E-state index in [4.69, 9.17) is 0 Å². The van der Waals surface area contributed by atoms with Crippen LogP contribution >= 0.6 is 0 Å². The molecule has 23 heavy (non-hydrogen) atoms. The van der Waals surface area contributed by atoms with E-state index in [1.54, 1.807) is 12.1 Å². The zero-order valence-electron chi connectivity index (χ0n) is 12.8. The summed E-state index contributed by atoms with van der Waals surface area (Å²) in [5.74, 6) is 0.148. The Kier molecular flexibility index (Phi) is 4.66. The maximum absolute atomic E-state index is 12.9. The van der Waals surface area contributed by atoms with Gasteiger partial charge < -0.3 is 0 Å². The second-order valence-electron chi connectivity index (χ2n) is 6.02. The minimum Gasteiger partial charge on any atom is -0.280 e. The summed E-state index contributed by atoms with van der Waals surface area (Å²) < 4.78 is 40.1. The molecule has 0 heterocycles. The highest BCUT2D eigenvalue weighted by molar-refractivity contribution is 7.92. The molecule has 1 fully saturated rings. The molecule has 0 aliphatic heterocycles. The summed E-state index contributed by atoms with van der Waals surface area (Å²) in [6.45, 7) is 0. The summed E-state index contributed by atoms with van der Waals surface area (Å²) >= 11 is 0. The van der Waals surface area contributed by atoms with Crippen molar-refractivity contribution >= 4 is 15.7 Å². The normalized spacial score (nSPS) is 16.2. The van der Waals surface area contributed by atoms with Crippen molar-refractivity contribution in [1.82, 2.24) is 0 Å². The van der Waals surface area contributed by atoms with Crippen LogP contribution in [0.15, 0.2) is 53.4 Å². The lowest BCUT2D eigenvalue weighted by molar-refractivity contribution is 0.443. The molecular weight excluding hydrogens is 313 g/mol. The lowest BCUT2D eigenvalue weighted by Crippen LogP contribution is -2.13. The Morgan fingerprint density at radius 3 is 2.09 bits per heavy atom. The van der Waals surface area contributed by atoms with Crippen molar-refractivity contribution in [3.05, 3.63) is 59.9 Å². The second-order valence-corrected chi connectivity index (χ2v) is 7.70. The largest absolute Gasteiger partial charge is 0.280 e. The van der Waals surface area contributed by atoms with Gasteiger partial charge in [0.1, 0.15) is 5.82 Å². The molecule has 1 aliphatic rings. The maximum atomic E-state index is 12.9. The van der Waals surface area contributed by atoms with Gasteiger partial charge in [-0.05, 0) is 60.7 Å². The molecular formula is C18H20FNO2S. The molecule has 2 aromatic rings. The Bertz CT molecular complexity index is 749. The van der Waals surface area contributed by atoms with Crippen LogP contribution in [0.4, 0.5) is 10.1 Å². The van der Waals surface area contributed by atoms with E-state index in [0.29, 0.717) is 11.6 Å². The monoisotopic (exact) mass is 333 g/mol. The van der Waals surface area contributed by atoms with E-state index in [1.807, 2.05) is 12.1 Å². The first-order chi connectivity index (χ1) is 11.0. The molecule has 122 valence electrons. The van der Waals surface area contributed by atoms with Gasteiger partial charge in [0.25, 0.3) is 10.0 Å². The first-order valence-electron chi connectivity index (χ1n) is 7.93. The van der Waals surface area contributed by atoms with Gasteiger partial charge in [0.15, 0.2) is 0 Å². The third-order valence-electron chi connectivity index (χ3n) is 4.36. The molecule has 0 saturated heterocycles. The number of rotatable bonds is 4. The lowest BCUT2D eigenvalue weighted by atomic mass is 9.84. The average molecular weight is 333 g/mol. The number of anilines is 1. The van der Waals surface area contributed by atoms with Crippen molar-refractivity contribution in [1.29, 1.82) is 0 Å². The fourth-order valence-corrected chi connectivity index (χ4v) is 4.15. The van der Waals surface area contributed by atoms with E-state index in [2.05, 4.69) is 4.72 Å². The summed E-state index contributed by atoms with van der Waals surface area (Å²) in [5, 5.41) is 0. The van der Waals surface area contributed by atoms with Gasteiger partial charge in [-0.25, -0.2) is 12.8 Å². The molecule has 1 N–H and O–H groups in total. The van der Waals surface area contributed by atoms with Crippen LogP contribution in [0, 0.1) is 5.82 Å². The van der Waals surface area contributed by atoms with E-state index in [9.17, 15) is 12.8 Å². The first-order valence-corrected chi connectivity index (χ1v) is 9.41. The molecule has 1 aliphatic carbocycles. The Balaban J connectivity index is 1.75. The molecule has 0 amide bonds. The van der Waals surface area contributed by atoms with Gasteiger partial charge in [-0.3, -0.25) is 4.72 Å². The second kappa shape index (κ2) is 6.71. The van der Waals surface area contributed by atoms with Crippen molar-refractivity contribution in [2.24, 2.45) is 0 Å². The van der Waals surface area contributed by atoms with Gasteiger partial charge in [-0.2, -0.15) is 0 Å². The molecule has 2 aromatic carbocycles. The van der Waals surface area contributed by atoms with Crippen molar-refractivity contribution in [2.75, 3.05) is 4.72 Å². The molecule has 0 unspecified atom stereocenters. The van der Waals surface area contributed by atoms with Crippen molar-refractivity contribution < 1.29 is 12.8 Å². The predicted octanol–water partition coefficient (Wildman–Crippen LogP) is 4.67. The highest BCUT2D eigenvalue weighted by Gasteiger charge is 2.18. The molecule has 0 spiro atoms. The Morgan fingerprint density at radius 2 is 1.48 bits per heavy atom. The summed E-state index contributed by atoms with van der Waals surface area (Å²) in [6, 6.07) is 12.4. The van der Waals surface area contributed by atoms with Crippen LogP contribution in [0.25, 0.3) is 0 Å². The number of hydrogen-bond acceptors (Lipinski definition) is 2. The predicted molar refractivity (Wildman–Crippen MR) is 89.5 cm³/mol. The molecule has 0 atom stereocenters. The highest BCUT2D eigenvalue weighted by Crippen LogP contribution is 2.33. The molecule has 1 saturated carbocycles. The maximum Gasteiger partial charge on any atom is 0.261 e. The molecule has 0 radical (unpaired) electrons. The van der Waals surface area contributed by atoms with Gasteiger partial charge in [0.2, 0.25) is 0 Å². The van der Waals surface area contributed by atoms with Crippen LogP contribution in [0.3, 0.4) is 0 Å².